The normalized spacial score (nSPS) is 10.3. The van der Waals surface area contributed by atoms with E-state index in [4.69, 9.17) is 4.74 Å². The highest BCUT2D eigenvalue weighted by atomic mass is 16.5. The van der Waals surface area contributed by atoms with Crippen LogP contribution in [0.15, 0.2) is 78.9 Å². The Morgan fingerprint density at radius 3 is 2.20 bits per heavy atom. The van der Waals surface area contributed by atoms with Gasteiger partial charge in [-0.25, -0.2) is 0 Å². The molecule has 154 valence electrons. The first-order valence-corrected chi connectivity index (χ1v) is 9.89. The van der Waals surface area contributed by atoms with Crippen molar-refractivity contribution >= 4 is 17.5 Å². The quantitative estimate of drug-likeness (QED) is 0.602. The van der Waals surface area contributed by atoms with Gasteiger partial charge in [-0.05, 0) is 41.8 Å². The Balaban J connectivity index is 1.61. The molecule has 0 saturated carbocycles. The first kappa shape index (κ1) is 21.1. The van der Waals surface area contributed by atoms with Crippen LogP contribution >= 0.6 is 0 Å². The number of rotatable bonds is 8. The van der Waals surface area contributed by atoms with Crippen LogP contribution in [-0.4, -0.2) is 30.8 Å². The lowest BCUT2D eigenvalue weighted by atomic mass is 10.1. The summed E-state index contributed by atoms with van der Waals surface area (Å²) in [5, 5.41) is 2.91. The predicted octanol–water partition coefficient (Wildman–Crippen LogP) is 4.54. The second-order valence-electron chi connectivity index (χ2n) is 7.21. The maximum Gasteiger partial charge on any atom is 0.259 e. The molecular formula is C25H26N2O3. The highest BCUT2D eigenvalue weighted by Crippen LogP contribution is 2.21. The summed E-state index contributed by atoms with van der Waals surface area (Å²) in [7, 11) is 3.50. The van der Waals surface area contributed by atoms with Crippen LogP contribution in [0.4, 0.5) is 5.69 Å². The summed E-state index contributed by atoms with van der Waals surface area (Å²) >= 11 is 0. The van der Waals surface area contributed by atoms with E-state index in [1.807, 2.05) is 66.7 Å². The zero-order chi connectivity index (χ0) is 21.3. The number of hydrogen-bond donors (Lipinski definition) is 1. The van der Waals surface area contributed by atoms with Gasteiger partial charge < -0.3 is 15.0 Å². The molecule has 3 aromatic rings. The van der Waals surface area contributed by atoms with Crippen molar-refractivity contribution < 1.29 is 14.3 Å². The van der Waals surface area contributed by atoms with E-state index >= 15 is 0 Å². The molecule has 30 heavy (non-hydrogen) atoms. The third-order valence-electron chi connectivity index (χ3n) is 4.71. The van der Waals surface area contributed by atoms with E-state index in [-0.39, 0.29) is 11.8 Å². The van der Waals surface area contributed by atoms with Gasteiger partial charge in [0.15, 0.2) is 0 Å². The molecule has 0 atom stereocenters. The third-order valence-corrected chi connectivity index (χ3v) is 4.71. The fourth-order valence-electron chi connectivity index (χ4n) is 2.94. The molecule has 5 heteroatoms. The zero-order valence-corrected chi connectivity index (χ0v) is 17.3. The number of hydrogen-bond acceptors (Lipinski definition) is 3. The number of amides is 2. The molecule has 0 aliphatic carbocycles. The van der Waals surface area contributed by atoms with Crippen molar-refractivity contribution in [1.29, 1.82) is 0 Å². The van der Waals surface area contributed by atoms with Crippen molar-refractivity contribution in [2.24, 2.45) is 0 Å². The van der Waals surface area contributed by atoms with E-state index in [0.29, 0.717) is 36.4 Å². The van der Waals surface area contributed by atoms with Crippen molar-refractivity contribution in [2.45, 2.75) is 19.4 Å². The van der Waals surface area contributed by atoms with Crippen molar-refractivity contribution in [2.75, 3.05) is 19.4 Å². The molecule has 0 bridgehead atoms. The molecule has 5 nitrogen and oxygen atoms in total. The van der Waals surface area contributed by atoms with Gasteiger partial charge in [-0.3, -0.25) is 9.59 Å². The smallest absolute Gasteiger partial charge is 0.259 e. The van der Waals surface area contributed by atoms with Crippen LogP contribution in [0.5, 0.6) is 5.75 Å². The fourth-order valence-corrected chi connectivity index (χ4v) is 2.94. The molecule has 0 unspecified atom stereocenters. The Morgan fingerprint density at radius 1 is 0.833 bits per heavy atom. The topological polar surface area (TPSA) is 58.6 Å². The highest BCUT2D eigenvalue weighted by molar-refractivity contribution is 6.06. The van der Waals surface area contributed by atoms with Crippen LogP contribution in [-0.2, 0) is 17.8 Å². The molecule has 0 aliphatic heterocycles. The van der Waals surface area contributed by atoms with Gasteiger partial charge in [0.25, 0.3) is 5.91 Å². The van der Waals surface area contributed by atoms with Gasteiger partial charge in [0.2, 0.25) is 5.91 Å². The number of anilines is 1. The molecule has 0 radical (unpaired) electrons. The number of nitrogens with zero attached hydrogens (tertiary/aromatic N) is 1. The lowest BCUT2D eigenvalue weighted by molar-refractivity contribution is -0.128. The first-order valence-electron chi connectivity index (χ1n) is 9.89. The number of benzene rings is 3. The molecule has 0 aliphatic rings. The van der Waals surface area contributed by atoms with Crippen molar-refractivity contribution in [3.8, 4) is 5.75 Å². The summed E-state index contributed by atoms with van der Waals surface area (Å²) in [6.45, 7) is 0.394. The number of nitrogens with one attached hydrogen (secondary N) is 1. The van der Waals surface area contributed by atoms with Gasteiger partial charge in [-0.15, -0.1) is 0 Å². The van der Waals surface area contributed by atoms with E-state index < -0.39 is 0 Å². The fraction of sp³-hybridized carbons (Fsp3) is 0.200. The van der Waals surface area contributed by atoms with Crippen LogP contribution in [0.2, 0.25) is 0 Å². The van der Waals surface area contributed by atoms with Crippen LogP contribution in [0.1, 0.15) is 27.9 Å². The zero-order valence-electron chi connectivity index (χ0n) is 17.3. The molecule has 0 spiro atoms. The van der Waals surface area contributed by atoms with Gasteiger partial charge in [-0.2, -0.15) is 0 Å². The van der Waals surface area contributed by atoms with Crippen molar-refractivity contribution in [1.82, 2.24) is 4.90 Å². The van der Waals surface area contributed by atoms with Gasteiger partial charge in [-0.1, -0.05) is 54.6 Å². The minimum absolute atomic E-state index is 0.0967. The van der Waals surface area contributed by atoms with Gasteiger partial charge in [0, 0.05) is 26.2 Å². The molecule has 1 N–H and O–H groups in total. The molecule has 3 rings (SSSR count). The van der Waals surface area contributed by atoms with E-state index in [1.165, 1.54) is 0 Å². The monoisotopic (exact) mass is 402 g/mol. The number of aryl methyl sites for hydroxylation is 1. The van der Waals surface area contributed by atoms with Crippen LogP contribution in [0.3, 0.4) is 0 Å². The van der Waals surface area contributed by atoms with E-state index in [1.54, 1.807) is 31.1 Å². The van der Waals surface area contributed by atoms with Gasteiger partial charge >= 0.3 is 0 Å². The van der Waals surface area contributed by atoms with Crippen LogP contribution in [0, 0.1) is 0 Å². The number of para-hydroxylation sites is 1. The molecule has 0 aromatic heterocycles. The Kier molecular flexibility index (Phi) is 7.22. The molecule has 2 amide bonds. The van der Waals surface area contributed by atoms with Crippen molar-refractivity contribution in [3.05, 3.63) is 95.6 Å². The second kappa shape index (κ2) is 10.3. The lowest BCUT2D eigenvalue weighted by Gasteiger charge is -2.12. The Morgan fingerprint density at radius 2 is 1.50 bits per heavy atom. The van der Waals surface area contributed by atoms with Crippen molar-refractivity contribution in [3.63, 3.8) is 0 Å². The van der Waals surface area contributed by atoms with Crippen LogP contribution in [0.25, 0.3) is 0 Å². The summed E-state index contributed by atoms with van der Waals surface area (Å²) < 4.78 is 5.88. The summed E-state index contributed by atoms with van der Waals surface area (Å²) in [4.78, 5) is 26.1. The van der Waals surface area contributed by atoms with Crippen LogP contribution < -0.4 is 10.1 Å². The predicted molar refractivity (Wildman–Crippen MR) is 119 cm³/mol. The molecule has 0 heterocycles. The number of ether oxygens (including phenoxy) is 1. The Bertz CT molecular complexity index is 983. The summed E-state index contributed by atoms with van der Waals surface area (Å²) in [5.41, 5.74) is 3.26. The largest absolute Gasteiger partial charge is 0.488 e. The van der Waals surface area contributed by atoms with Gasteiger partial charge in [0.05, 0.1) is 5.56 Å². The van der Waals surface area contributed by atoms with E-state index in [9.17, 15) is 9.59 Å². The molecule has 3 aromatic carbocycles. The number of carbonyl (C=O) groups is 2. The van der Waals surface area contributed by atoms with E-state index in [0.717, 1.165) is 11.1 Å². The second-order valence-corrected chi connectivity index (χ2v) is 7.21. The maximum absolute atomic E-state index is 12.8. The van der Waals surface area contributed by atoms with E-state index in [2.05, 4.69) is 5.32 Å². The minimum Gasteiger partial charge on any atom is -0.488 e. The summed E-state index contributed by atoms with van der Waals surface area (Å²) in [6.07, 6.45) is 1.13. The average molecular weight is 402 g/mol. The maximum atomic E-state index is 12.8. The third kappa shape index (κ3) is 5.95. The molecule has 0 saturated heterocycles. The minimum atomic E-state index is -0.228. The SMILES string of the molecule is CN(C)C(=O)CCc1ccc(NC(=O)c2ccccc2OCc2ccccc2)cc1. The molecular weight excluding hydrogens is 376 g/mol. The first-order chi connectivity index (χ1) is 14.5. The lowest BCUT2D eigenvalue weighted by Crippen LogP contribution is -2.21. The molecule has 0 fully saturated rings. The Labute approximate surface area is 177 Å². The standard InChI is InChI=1S/C25H26N2O3/c1-27(2)24(28)17-14-19-12-15-21(16-13-19)26-25(29)22-10-6-7-11-23(22)30-18-20-8-4-3-5-9-20/h3-13,15-16H,14,17-18H2,1-2H3,(H,26,29). The van der Waals surface area contributed by atoms with Gasteiger partial charge in [0.1, 0.15) is 12.4 Å². The number of carbonyl (C=O) groups excluding carboxylic acids is 2. The summed E-state index contributed by atoms with van der Waals surface area (Å²) in [6, 6.07) is 24.6. The highest BCUT2D eigenvalue weighted by Gasteiger charge is 2.13. The Hall–Kier alpha value is -3.60. The average Bonchev–Trinajstić information content (AvgIpc) is 2.77. The summed E-state index contributed by atoms with van der Waals surface area (Å²) in [5.74, 6) is 0.409.